The SMILES string of the molecule is CC(=O)C1CNC2CCCN1C2. The van der Waals surface area contributed by atoms with Gasteiger partial charge in [-0.2, -0.15) is 0 Å². The number of fused-ring (bicyclic) bond motifs is 2. The second kappa shape index (κ2) is 3.15. The monoisotopic (exact) mass is 168 g/mol. The molecule has 2 rings (SSSR count). The van der Waals surface area contributed by atoms with Crippen LogP contribution in [0.3, 0.4) is 0 Å². The lowest BCUT2D eigenvalue weighted by atomic mass is 9.98. The maximum absolute atomic E-state index is 11.2. The first-order valence-electron chi connectivity index (χ1n) is 4.75. The molecule has 0 aliphatic carbocycles. The first-order chi connectivity index (χ1) is 5.77. The summed E-state index contributed by atoms with van der Waals surface area (Å²) in [5.41, 5.74) is 0. The lowest BCUT2D eigenvalue weighted by molar-refractivity contribution is -0.123. The summed E-state index contributed by atoms with van der Waals surface area (Å²) in [5, 5.41) is 3.42. The van der Waals surface area contributed by atoms with Crippen molar-refractivity contribution < 1.29 is 4.79 Å². The van der Waals surface area contributed by atoms with E-state index in [9.17, 15) is 4.79 Å². The zero-order valence-electron chi connectivity index (χ0n) is 7.55. The van der Waals surface area contributed by atoms with Crippen LogP contribution in [0.4, 0.5) is 0 Å². The highest BCUT2D eigenvalue weighted by Crippen LogP contribution is 2.17. The lowest BCUT2D eigenvalue weighted by Crippen LogP contribution is -2.61. The molecule has 3 nitrogen and oxygen atoms in total. The summed E-state index contributed by atoms with van der Waals surface area (Å²) in [4.78, 5) is 13.5. The van der Waals surface area contributed by atoms with E-state index in [1.807, 2.05) is 0 Å². The highest BCUT2D eigenvalue weighted by Gasteiger charge is 2.32. The summed E-state index contributed by atoms with van der Waals surface area (Å²) >= 11 is 0. The Bertz CT molecular complexity index is 193. The summed E-state index contributed by atoms with van der Waals surface area (Å²) in [6, 6.07) is 0.802. The molecule has 2 heterocycles. The predicted molar refractivity (Wildman–Crippen MR) is 47.1 cm³/mol. The third kappa shape index (κ3) is 1.39. The van der Waals surface area contributed by atoms with Gasteiger partial charge in [-0.15, -0.1) is 0 Å². The number of nitrogens with one attached hydrogen (secondary N) is 1. The van der Waals surface area contributed by atoms with Crippen LogP contribution in [-0.4, -0.2) is 42.4 Å². The van der Waals surface area contributed by atoms with Crippen LogP contribution in [0.25, 0.3) is 0 Å². The average molecular weight is 168 g/mol. The first kappa shape index (κ1) is 8.20. The maximum atomic E-state index is 11.2. The summed E-state index contributed by atoms with van der Waals surface area (Å²) < 4.78 is 0. The quantitative estimate of drug-likeness (QED) is 0.598. The molecule has 0 radical (unpaired) electrons. The molecule has 2 fully saturated rings. The molecular weight excluding hydrogens is 152 g/mol. The van der Waals surface area contributed by atoms with Crippen LogP contribution in [0.5, 0.6) is 0 Å². The number of hydrogen-bond acceptors (Lipinski definition) is 3. The van der Waals surface area contributed by atoms with Gasteiger partial charge in [-0.3, -0.25) is 9.69 Å². The highest BCUT2D eigenvalue weighted by atomic mass is 16.1. The van der Waals surface area contributed by atoms with E-state index in [1.54, 1.807) is 6.92 Å². The van der Waals surface area contributed by atoms with Gasteiger partial charge in [0.25, 0.3) is 0 Å². The van der Waals surface area contributed by atoms with Gasteiger partial charge in [0, 0.05) is 19.1 Å². The summed E-state index contributed by atoms with van der Waals surface area (Å²) in [7, 11) is 0. The molecule has 2 aliphatic rings. The van der Waals surface area contributed by atoms with Crippen molar-refractivity contribution in [2.45, 2.75) is 31.8 Å². The van der Waals surface area contributed by atoms with Crippen molar-refractivity contribution in [2.75, 3.05) is 19.6 Å². The van der Waals surface area contributed by atoms with E-state index in [-0.39, 0.29) is 6.04 Å². The second-order valence-corrected chi connectivity index (χ2v) is 3.87. The Kier molecular flexibility index (Phi) is 2.15. The van der Waals surface area contributed by atoms with Crippen molar-refractivity contribution in [1.29, 1.82) is 0 Å². The van der Waals surface area contributed by atoms with E-state index >= 15 is 0 Å². The molecule has 3 unspecified atom stereocenters. The molecular formula is C9H16N2O. The number of rotatable bonds is 1. The van der Waals surface area contributed by atoms with Crippen molar-refractivity contribution in [1.82, 2.24) is 10.2 Å². The number of hydrogen-bond donors (Lipinski definition) is 1. The minimum absolute atomic E-state index is 0.154. The molecule has 0 amide bonds. The normalized spacial score (nSPS) is 40.9. The zero-order valence-corrected chi connectivity index (χ0v) is 7.55. The van der Waals surface area contributed by atoms with E-state index in [4.69, 9.17) is 0 Å². The Balaban J connectivity index is 2.04. The van der Waals surface area contributed by atoms with Gasteiger partial charge in [0.2, 0.25) is 0 Å². The fourth-order valence-corrected chi connectivity index (χ4v) is 2.26. The number of carbonyl (C=O) groups is 1. The number of piperazine rings is 1. The van der Waals surface area contributed by atoms with Crippen molar-refractivity contribution in [3.63, 3.8) is 0 Å². The van der Waals surface area contributed by atoms with Crippen LogP contribution in [0.2, 0.25) is 0 Å². The van der Waals surface area contributed by atoms with E-state index in [0.29, 0.717) is 11.8 Å². The third-order valence-corrected chi connectivity index (χ3v) is 2.96. The molecule has 0 aromatic heterocycles. The van der Waals surface area contributed by atoms with Crippen molar-refractivity contribution in [3.05, 3.63) is 0 Å². The van der Waals surface area contributed by atoms with Crippen molar-refractivity contribution >= 4 is 5.78 Å². The molecule has 3 atom stereocenters. The van der Waals surface area contributed by atoms with E-state index in [2.05, 4.69) is 10.2 Å². The Labute approximate surface area is 73.1 Å². The molecule has 68 valence electrons. The van der Waals surface area contributed by atoms with Gasteiger partial charge in [-0.05, 0) is 26.3 Å². The molecule has 0 spiro atoms. The Morgan fingerprint density at radius 1 is 1.58 bits per heavy atom. The van der Waals surface area contributed by atoms with Crippen LogP contribution in [0, 0.1) is 0 Å². The number of carbonyl (C=O) groups excluding carboxylic acids is 1. The van der Waals surface area contributed by atoms with Crippen LogP contribution >= 0.6 is 0 Å². The first-order valence-corrected chi connectivity index (χ1v) is 4.75. The molecule has 0 aromatic carbocycles. The molecule has 3 heteroatoms. The number of Topliss-reactive ketones (excluding diaryl/α,β-unsaturated/α-hetero) is 1. The molecule has 0 aromatic rings. The van der Waals surface area contributed by atoms with Gasteiger partial charge in [-0.1, -0.05) is 0 Å². The van der Waals surface area contributed by atoms with Crippen molar-refractivity contribution in [2.24, 2.45) is 0 Å². The fourth-order valence-electron chi connectivity index (χ4n) is 2.26. The number of ketones is 1. The van der Waals surface area contributed by atoms with Crippen LogP contribution in [0.1, 0.15) is 19.8 Å². The average Bonchev–Trinajstić information content (AvgIpc) is 2.04. The van der Waals surface area contributed by atoms with Gasteiger partial charge in [0.15, 0.2) is 0 Å². The summed E-state index contributed by atoms with van der Waals surface area (Å²) in [6.45, 7) is 4.74. The molecule has 12 heavy (non-hydrogen) atoms. The predicted octanol–water partition coefficient (Wildman–Crippen LogP) is 0.0116. The molecule has 2 saturated heterocycles. The topological polar surface area (TPSA) is 32.3 Å². The van der Waals surface area contributed by atoms with Gasteiger partial charge < -0.3 is 5.32 Å². The Morgan fingerprint density at radius 2 is 2.42 bits per heavy atom. The number of nitrogens with zero attached hydrogens (tertiary/aromatic N) is 1. The van der Waals surface area contributed by atoms with Gasteiger partial charge >= 0.3 is 0 Å². The van der Waals surface area contributed by atoms with Crippen LogP contribution in [-0.2, 0) is 4.79 Å². The zero-order chi connectivity index (χ0) is 8.55. The minimum atomic E-state index is 0.154. The summed E-state index contributed by atoms with van der Waals surface area (Å²) in [5.74, 6) is 0.308. The molecule has 0 saturated carbocycles. The van der Waals surface area contributed by atoms with Gasteiger partial charge in [0.1, 0.15) is 5.78 Å². The van der Waals surface area contributed by atoms with E-state index < -0.39 is 0 Å². The smallest absolute Gasteiger partial charge is 0.148 e. The van der Waals surface area contributed by atoms with Crippen LogP contribution in [0.15, 0.2) is 0 Å². The molecule has 2 aliphatic heterocycles. The Hall–Kier alpha value is -0.410. The van der Waals surface area contributed by atoms with E-state index in [1.165, 1.54) is 12.8 Å². The minimum Gasteiger partial charge on any atom is -0.311 e. The molecule has 1 N–H and O–H groups in total. The standard InChI is InChI=1S/C9H16N2O/c1-7(12)9-5-10-8-3-2-4-11(9)6-8/h8-10H,2-6H2,1H3. The molecule has 2 bridgehead atoms. The maximum Gasteiger partial charge on any atom is 0.148 e. The van der Waals surface area contributed by atoms with Gasteiger partial charge in [-0.25, -0.2) is 0 Å². The van der Waals surface area contributed by atoms with Gasteiger partial charge in [0.05, 0.1) is 6.04 Å². The highest BCUT2D eigenvalue weighted by molar-refractivity contribution is 5.81. The van der Waals surface area contributed by atoms with Crippen LogP contribution < -0.4 is 5.32 Å². The second-order valence-electron chi connectivity index (χ2n) is 3.87. The lowest BCUT2D eigenvalue weighted by Gasteiger charge is -2.42. The Morgan fingerprint density at radius 3 is 3.17 bits per heavy atom. The van der Waals surface area contributed by atoms with E-state index in [0.717, 1.165) is 19.6 Å². The fraction of sp³-hybridized carbons (Fsp3) is 0.889. The third-order valence-electron chi connectivity index (χ3n) is 2.96. The summed E-state index contributed by atoms with van der Waals surface area (Å²) in [6.07, 6.45) is 2.52. The number of piperidine rings is 1. The largest absolute Gasteiger partial charge is 0.311 e. The van der Waals surface area contributed by atoms with Crippen molar-refractivity contribution in [3.8, 4) is 0 Å².